The first-order valence-electron chi connectivity index (χ1n) is 11.6. The second kappa shape index (κ2) is 9.84. The van der Waals surface area contributed by atoms with Crippen molar-refractivity contribution in [2.24, 2.45) is 0 Å². The van der Waals surface area contributed by atoms with Gasteiger partial charge in [-0.05, 0) is 33.1 Å². The monoisotopic (exact) mass is 508 g/mol. The molecule has 2 aromatic rings. The van der Waals surface area contributed by atoms with Crippen molar-refractivity contribution in [2.75, 3.05) is 18.7 Å². The number of amides is 2. The smallest absolute Gasteiger partial charge is 0.278 e. The van der Waals surface area contributed by atoms with Gasteiger partial charge >= 0.3 is 0 Å². The molecule has 12 heteroatoms. The number of rotatable bonds is 5. The van der Waals surface area contributed by atoms with Crippen molar-refractivity contribution < 1.29 is 32.6 Å². The van der Waals surface area contributed by atoms with E-state index < -0.39 is 64.3 Å². The summed E-state index contributed by atoms with van der Waals surface area (Å²) in [5, 5.41) is 14.8. The van der Waals surface area contributed by atoms with Gasteiger partial charge in [0.2, 0.25) is 5.43 Å². The van der Waals surface area contributed by atoms with Gasteiger partial charge in [0, 0.05) is 43.6 Å². The zero-order valence-corrected chi connectivity index (χ0v) is 20.1. The Labute approximate surface area is 205 Å². The predicted octanol–water partition coefficient (Wildman–Crippen LogP) is 2.23. The molecule has 1 fully saturated rings. The van der Waals surface area contributed by atoms with Crippen molar-refractivity contribution >= 4 is 11.8 Å². The number of ether oxygens (including phenoxy) is 1. The van der Waals surface area contributed by atoms with Gasteiger partial charge in [0.25, 0.3) is 11.8 Å². The molecule has 2 amide bonds. The SMILES string of the molecule is CO[C@H]1CCC[C@H]2N(C(C)C)C(=O)c3c(O)c(=O)c(C(=O)NCc4c(F)cc(F)cc4F)cn3N2C1. The average Bonchev–Trinajstić information content (AvgIpc) is 3.02. The topological polar surface area (TPSA) is 104 Å². The fourth-order valence-electron chi connectivity index (χ4n) is 4.80. The highest BCUT2D eigenvalue weighted by Crippen LogP contribution is 2.31. The molecule has 3 heterocycles. The van der Waals surface area contributed by atoms with Crippen molar-refractivity contribution in [1.29, 1.82) is 0 Å². The minimum absolute atomic E-state index is 0.201. The van der Waals surface area contributed by atoms with E-state index >= 15 is 0 Å². The maximum atomic E-state index is 14.0. The maximum Gasteiger partial charge on any atom is 0.278 e. The first kappa shape index (κ1) is 25.5. The minimum atomic E-state index is -1.20. The number of nitrogens with zero attached hydrogens (tertiary/aromatic N) is 3. The van der Waals surface area contributed by atoms with E-state index in [2.05, 4.69) is 5.32 Å². The van der Waals surface area contributed by atoms with E-state index in [0.717, 1.165) is 19.0 Å². The van der Waals surface area contributed by atoms with E-state index in [1.807, 2.05) is 13.8 Å². The van der Waals surface area contributed by atoms with E-state index in [1.54, 1.807) is 17.0 Å². The molecule has 0 saturated carbocycles. The Morgan fingerprint density at radius 1 is 1.19 bits per heavy atom. The summed E-state index contributed by atoms with van der Waals surface area (Å²) in [7, 11) is 1.57. The third-order valence-electron chi connectivity index (χ3n) is 6.59. The fraction of sp³-hybridized carbons (Fsp3) is 0.458. The predicted molar refractivity (Wildman–Crippen MR) is 123 cm³/mol. The molecule has 9 nitrogen and oxygen atoms in total. The molecule has 2 atom stereocenters. The van der Waals surface area contributed by atoms with Gasteiger partial charge in [0.1, 0.15) is 29.2 Å². The highest BCUT2D eigenvalue weighted by Gasteiger charge is 2.43. The second-order valence-corrected chi connectivity index (χ2v) is 9.14. The van der Waals surface area contributed by atoms with Crippen LogP contribution < -0.4 is 15.8 Å². The summed E-state index contributed by atoms with van der Waals surface area (Å²) in [6, 6.07) is 0.708. The van der Waals surface area contributed by atoms with Crippen LogP contribution >= 0.6 is 0 Å². The highest BCUT2D eigenvalue weighted by atomic mass is 19.1. The number of hydrogen-bond donors (Lipinski definition) is 2. The van der Waals surface area contributed by atoms with Gasteiger partial charge in [-0.3, -0.25) is 24.1 Å². The average molecular weight is 508 g/mol. The molecular weight excluding hydrogens is 481 g/mol. The van der Waals surface area contributed by atoms with E-state index in [4.69, 9.17) is 4.74 Å². The van der Waals surface area contributed by atoms with Gasteiger partial charge in [-0.15, -0.1) is 0 Å². The van der Waals surface area contributed by atoms with Crippen molar-refractivity contribution in [3.05, 3.63) is 62.8 Å². The zero-order chi connectivity index (χ0) is 26.3. The van der Waals surface area contributed by atoms with Crippen molar-refractivity contribution in [3.63, 3.8) is 0 Å². The van der Waals surface area contributed by atoms with Crippen LogP contribution in [0.5, 0.6) is 5.75 Å². The number of aromatic nitrogens is 1. The first-order valence-corrected chi connectivity index (χ1v) is 11.6. The molecule has 0 radical (unpaired) electrons. The van der Waals surface area contributed by atoms with Crippen LogP contribution in [0.3, 0.4) is 0 Å². The standard InChI is InChI=1S/C24H27F3N4O5/c1-12(2)31-19-6-4-5-14(36-3)10-29(19)30-11-16(21(32)22(33)20(30)24(31)35)23(34)28-9-15-17(26)7-13(25)8-18(15)27/h7-8,11-12,14,19,33H,4-6,9-10H2,1-3H3,(H,28,34)/t14-,19+/m0/s1. The van der Waals surface area contributed by atoms with Crippen LogP contribution in [0.15, 0.2) is 23.1 Å². The van der Waals surface area contributed by atoms with Crippen molar-refractivity contribution in [3.8, 4) is 5.75 Å². The maximum absolute atomic E-state index is 14.0. The van der Waals surface area contributed by atoms with Crippen LogP contribution in [0.25, 0.3) is 0 Å². The fourth-order valence-corrected chi connectivity index (χ4v) is 4.80. The van der Waals surface area contributed by atoms with Gasteiger partial charge < -0.3 is 20.1 Å². The summed E-state index contributed by atoms with van der Waals surface area (Å²) in [6.45, 7) is 3.31. The van der Waals surface area contributed by atoms with Crippen LogP contribution in [0.4, 0.5) is 13.2 Å². The largest absolute Gasteiger partial charge is 0.502 e. The second-order valence-electron chi connectivity index (χ2n) is 9.14. The Kier molecular flexibility index (Phi) is 6.98. The summed E-state index contributed by atoms with van der Waals surface area (Å²) in [5.74, 6) is -6.00. The van der Waals surface area contributed by atoms with Crippen LogP contribution in [-0.4, -0.2) is 58.5 Å². The number of carbonyl (C=O) groups is 2. The number of carbonyl (C=O) groups excluding carboxylic acids is 2. The lowest BCUT2D eigenvalue weighted by molar-refractivity contribution is 0.0445. The molecule has 2 aliphatic heterocycles. The molecule has 194 valence electrons. The summed E-state index contributed by atoms with van der Waals surface area (Å²) in [4.78, 5) is 40.7. The van der Waals surface area contributed by atoms with Crippen molar-refractivity contribution in [2.45, 2.75) is 58.0 Å². The van der Waals surface area contributed by atoms with Gasteiger partial charge in [-0.1, -0.05) is 0 Å². The lowest BCUT2D eigenvalue weighted by atomic mass is 10.1. The number of hydrogen-bond acceptors (Lipinski definition) is 6. The van der Waals surface area contributed by atoms with Gasteiger partial charge in [0.05, 0.1) is 12.6 Å². The van der Waals surface area contributed by atoms with E-state index in [1.165, 1.54) is 4.68 Å². The normalized spacial score (nSPS) is 19.7. The number of methoxy groups -OCH3 is 1. The summed E-state index contributed by atoms with van der Waals surface area (Å²) in [5.41, 5.74) is -2.51. The number of fused-ring (bicyclic) bond motifs is 3. The molecule has 2 N–H and O–H groups in total. The molecule has 0 bridgehead atoms. The zero-order valence-electron chi connectivity index (χ0n) is 20.1. The van der Waals surface area contributed by atoms with E-state index in [-0.39, 0.29) is 17.8 Å². The van der Waals surface area contributed by atoms with Crippen LogP contribution in [0.2, 0.25) is 0 Å². The first-order chi connectivity index (χ1) is 17.0. The molecule has 0 spiro atoms. The third-order valence-corrected chi connectivity index (χ3v) is 6.59. The molecular formula is C24H27F3N4O5. The molecule has 0 aliphatic carbocycles. The van der Waals surface area contributed by atoms with Gasteiger partial charge in [0.15, 0.2) is 11.4 Å². The molecule has 0 unspecified atom stereocenters. The Morgan fingerprint density at radius 3 is 2.47 bits per heavy atom. The number of benzene rings is 1. The van der Waals surface area contributed by atoms with E-state index in [9.17, 15) is 32.7 Å². The molecule has 36 heavy (non-hydrogen) atoms. The van der Waals surface area contributed by atoms with Crippen LogP contribution in [-0.2, 0) is 11.3 Å². The van der Waals surface area contributed by atoms with Crippen LogP contribution in [0, 0.1) is 17.5 Å². The lowest BCUT2D eigenvalue weighted by Crippen LogP contribution is -2.63. The highest BCUT2D eigenvalue weighted by molar-refractivity contribution is 5.99. The third kappa shape index (κ3) is 4.41. The van der Waals surface area contributed by atoms with Crippen molar-refractivity contribution in [1.82, 2.24) is 14.9 Å². The number of nitrogens with one attached hydrogen (secondary N) is 1. The molecule has 1 aromatic carbocycles. The molecule has 2 aliphatic rings. The minimum Gasteiger partial charge on any atom is -0.502 e. The molecule has 4 rings (SSSR count). The Hall–Kier alpha value is -3.54. The van der Waals surface area contributed by atoms with Gasteiger partial charge in [-0.25, -0.2) is 13.2 Å². The Balaban J connectivity index is 1.75. The Morgan fingerprint density at radius 2 is 1.86 bits per heavy atom. The number of aromatic hydroxyl groups is 1. The molecule has 1 saturated heterocycles. The van der Waals surface area contributed by atoms with Crippen LogP contribution in [0.1, 0.15) is 59.5 Å². The molecule has 1 aromatic heterocycles. The van der Waals surface area contributed by atoms with Gasteiger partial charge in [-0.2, -0.15) is 0 Å². The number of halogens is 3. The van der Waals surface area contributed by atoms with E-state index in [0.29, 0.717) is 25.1 Å². The number of pyridine rings is 1. The Bertz CT molecular complexity index is 1240. The summed E-state index contributed by atoms with van der Waals surface area (Å²) in [6.07, 6.45) is 2.62. The summed E-state index contributed by atoms with van der Waals surface area (Å²) >= 11 is 0. The quantitative estimate of drug-likeness (QED) is 0.642. The summed E-state index contributed by atoms with van der Waals surface area (Å²) < 4.78 is 48.0. The lowest BCUT2D eigenvalue weighted by Gasteiger charge is -2.48.